The Hall–Kier alpha value is -1.51. The van der Waals surface area contributed by atoms with Gasteiger partial charge in [-0.2, -0.15) is 0 Å². The number of nitrogens with two attached hydrogens (primary N) is 2. The van der Waals surface area contributed by atoms with Gasteiger partial charge in [0.25, 0.3) is 0 Å². The Balaban J connectivity index is 2.41. The van der Waals surface area contributed by atoms with Crippen LogP contribution in [-0.4, -0.2) is 49.3 Å². The standard InChI is InChI=1S/C15H26N2O6/c1-9-5-4-6-15(9,2)22-8-11(17)14(20)23-13(19)10(16)7-12(18)21-3/h9-11H,4-8,16-17H2,1-3H3/t9?,10-,11-,15?/m0/s1. The van der Waals surface area contributed by atoms with Crippen LogP contribution in [-0.2, 0) is 28.6 Å². The second-order valence-corrected chi connectivity index (χ2v) is 6.15. The molecule has 2 unspecified atom stereocenters. The molecule has 0 aromatic heterocycles. The van der Waals surface area contributed by atoms with Crippen molar-refractivity contribution in [2.75, 3.05) is 13.7 Å². The second kappa shape index (κ2) is 8.37. The van der Waals surface area contributed by atoms with E-state index in [1.807, 2.05) is 6.92 Å². The molecule has 1 saturated carbocycles. The van der Waals surface area contributed by atoms with E-state index in [0.717, 1.165) is 19.3 Å². The van der Waals surface area contributed by atoms with Gasteiger partial charge in [0, 0.05) is 0 Å². The third-order valence-electron chi connectivity index (χ3n) is 4.37. The molecule has 0 radical (unpaired) electrons. The van der Waals surface area contributed by atoms with Crippen molar-refractivity contribution in [2.24, 2.45) is 17.4 Å². The van der Waals surface area contributed by atoms with Gasteiger partial charge in [-0.25, -0.2) is 9.59 Å². The molecule has 0 aromatic rings. The lowest BCUT2D eigenvalue weighted by Gasteiger charge is -2.30. The normalized spacial score (nSPS) is 26.4. The highest BCUT2D eigenvalue weighted by Gasteiger charge is 2.37. The maximum Gasteiger partial charge on any atom is 0.333 e. The Morgan fingerprint density at radius 3 is 2.35 bits per heavy atom. The van der Waals surface area contributed by atoms with E-state index in [2.05, 4.69) is 16.4 Å². The molecule has 1 rings (SSSR count). The predicted octanol–water partition coefficient (Wildman–Crippen LogP) is -0.131. The van der Waals surface area contributed by atoms with Crippen molar-refractivity contribution in [3.63, 3.8) is 0 Å². The maximum atomic E-state index is 11.8. The number of carbonyl (C=O) groups excluding carboxylic acids is 3. The first kappa shape index (κ1) is 19.5. The molecule has 0 aliphatic heterocycles. The zero-order chi connectivity index (χ0) is 17.6. The van der Waals surface area contributed by atoms with Gasteiger partial charge < -0.3 is 25.7 Å². The van der Waals surface area contributed by atoms with Gasteiger partial charge >= 0.3 is 17.9 Å². The predicted molar refractivity (Wildman–Crippen MR) is 81.1 cm³/mol. The maximum absolute atomic E-state index is 11.8. The van der Waals surface area contributed by atoms with Crippen LogP contribution >= 0.6 is 0 Å². The molecule has 8 nitrogen and oxygen atoms in total. The second-order valence-electron chi connectivity index (χ2n) is 6.15. The molecular weight excluding hydrogens is 304 g/mol. The summed E-state index contributed by atoms with van der Waals surface area (Å²) in [4.78, 5) is 34.4. The van der Waals surface area contributed by atoms with Gasteiger partial charge in [-0.1, -0.05) is 13.3 Å². The molecule has 0 spiro atoms. The quantitative estimate of drug-likeness (QED) is 0.487. The third-order valence-corrected chi connectivity index (χ3v) is 4.37. The van der Waals surface area contributed by atoms with Crippen LogP contribution in [0.15, 0.2) is 0 Å². The van der Waals surface area contributed by atoms with E-state index in [1.165, 1.54) is 7.11 Å². The van der Waals surface area contributed by atoms with Crippen LogP contribution in [0.4, 0.5) is 0 Å². The highest BCUT2D eigenvalue weighted by Crippen LogP contribution is 2.38. The topological polar surface area (TPSA) is 131 Å². The summed E-state index contributed by atoms with van der Waals surface area (Å²) in [7, 11) is 1.17. The average Bonchev–Trinajstić information content (AvgIpc) is 2.84. The molecule has 1 aliphatic carbocycles. The Morgan fingerprint density at radius 1 is 1.22 bits per heavy atom. The zero-order valence-electron chi connectivity index (χ0n) is 13.9. The van der Waals surface area contributed by atoms with Crippen molar-refractivity contribution >= 4 is 17.9 Å². The largest absolute Gasteiger partial charge is 0.469 e. The average molecular weight is 330 g/mol. The lowest BCUT2D eigenvalue weighted by molar-refractivity contribution is -0.165. The van der Waals surface area contributed by atoms with Crippen LogP contribution in [0, 0.1) is 5.92 Å². The first-order chi connectivity index (χ1) is 10.7. The summed E-state index contributed by atoms with van der Waals surface area (Å²) in [5, 5.41) is 0. The van der Waals surface area contributed by atoms with Crippen LogP contribution in [0.25, 0.3) is 0 Å². The Kier molecular flexibility index (Phi) is 7.11. The summed E-state index contributed by atoms with van der Waals surface area (Å²) in [5.74, 6) is -2.24. The fourth-order valence-corrected chi connectivity index (χ4v) is 2.47. The summed E-state index contributed by atoms with van der Waals surface area (Å²) >= 11 is 0. The number of methoxy groups -OCH3 is 1. The Morgan fingerprint density at radius 2 is 1.83 bits per heavy atom. The van der Waals surface area contributed by atoms with Crippen LogP contribution < -0.4 is 11.5 Å². The van der Waals surface area contributed by atoms with Crippen LogP contribution in [0.2, 0.25) is 0 Å². The van der Waals surface area contributed by atoms with Crippen molar-refractivity contribution in [1.29, 1.82) is 0 Å². The van der Waals surface area contributed by atoms with Crippen molar-refractivity contribution in [3.05, 3.63) is 0 Å². The van der Waals surface area contributed by atoms with E-state index >= 15 is 0 Å². The van der Waals surface area contributed by atoms with Gasteiger partial charge in [-0.3, -0.25) is 4.79 Å². The van der Waals surface area contributed by atoms with E-state index in [1.54, 1.807) is 0 Å². The van der Waals surface area contributed by atoms with E-state index in [9.17, 15) is 14.4 Å². The Bertz CT molecular complexity index is 455. The fraction of sp³-hybridized carbons (Fsp3) is 0.800. The minimum Gasteiger partial charge on any atom is -0.469 e. The molecule has 4 N–H and O–H groups in total. The molecule has 0 bridgehead atoms. The van der Waals surface area contributed by atoms with Gasteiger partial charge in [0.2, 0.25) is 0 Å². The van der Waals surface area contributed by atoms with E-state index in [-0.39, 0.29) is 18.6 Å². The number of ether oxygens (including phenoxy) is 3. The number of carbonyl (C=O) groups is 3. The summed E-state index contributed by atoms with van der Waals surface area (Å²) < 4.78 is 14.7. The summed E-state index contributed by atoms with van der Waals surface area (Å²) in [6.45, 7) is 4.03. The Labute approximate surface area is 135 Å². The molecular formula is C15H26N2O6. The highest BCUT2D eigenvalue weighted by molar-refractivity contribution is 5.92. The molecule has 132 valence electrons. The van der Waals surface area contributed by atoms with Crippen molar-refractivity contribution in [3.8, 4) is 0 Å². The smallest absolute Gasteiger partial charge is 0.333 e. The molecule has 4 atom stereocenters. The summed E-state index contributed by atoms with van der Waals surface area (Å²) in [6.07, 6.45) is 2.66. The number of hydrogen-bond donors (Lipinski definition) is 2. The van der Waals surface area contributed by atoms with Gasteiger partial charge in [-0.05, 0) is 25.7 Å². The summed E-state index contributed by atoms with van der Waals surface area (Å²) in [6, 6.07) is -2.36. The minimum absolute atomic E-state index is 0.0425. The van der Waals surface area contributed by atoms with Crippen molar-refractivity contribution in [1.82, 2.24) is 0 Å². The third kappa shape index (κ3) is 5.56. The van der Waals surface area contributed by atoms with Crippen molar-refractivity contribution < 1.29 is 28.6 Å². The summed E-state index contributed by atoms with van der Waals surface area (Å²) in [5.41, 5.74) is 10.8. The SMILES string of the molecule is COC(=O)C[C@H](N)C(=O)OC(=O)[C@@H](N)COC1(C)CCCC1C. The zero-order valence-corrected chi connectivity index (χ0v) is 13.9. The molecule has 0 saturated heterocycles. The number of hydrogen-bond acceptors (Lipinski definition) is 8. The number of rotatable bonds is 7. The first-order valence-electron chi connectivity index (χ1n) is 7.67. The molecule has 8 heteroatoms. The molecule has 1 aliphatic rings. The number of esters is 3. The monoisotopic (exact) mass is 330 g/mol. The van der Waals surface area contributed by atoms with E-state index in [0.29, 0.717) is 5.92 Å². The minimum atomic E-state index is -1.27. The van der Waals surface area contributed by atoms with Crippen molar-refractivity contribution in [2.45, 2.75) is 57.2 Å². The molecule has 23 heavy (non-hydrogen) atoms. The molecule has 0 amide bonds. The van der Waals surface area contributed by atoms with E-state index in [4.69, 9.17) is 16.2 Å². The highest BCUT2D eigenvalue weighted by atomic mass is 16.6. The van der Waals surface area contributed by atoms with E-state index < -0.39 is 30.0 Å². The lowest BCUT2D eigenvalue weighted by atomic mass is 9.94. The van der Waals surface area contributed by atoms with Gasteiger partial charge in [0.15, 0.2) is 0 Å². The van der Waals surface area contributed by atoms with Crippen LogP contribution in [0.5, 0.6) is 0 Å². The first-order valence-corrected chi connectivity index (χ1v) is 7.67. The van der Waals surface area contributed by atoms with Crippen LogP contribution in [0.3, 0.4) is 0 Å². The van der Waals surface area contributed by atoms with Gasteiger partial charge in [-0.15, -0.1) is 0 Å². The van der Waals surface area contributed by atoms with Gasteiger partial charge in [0.05, 0.1) is 25.7 Å². The van der Waals surface area contributed by atoms with Gasteiger partial charge in [0.1, 0.15) is 12.1 Å². The lowest BCUT2D eigenvalue weighted by Crippen LogP contribution is -2.44. The fourth-order valence-electron chi connectivity index (χ4n) is 2.47. The molecule has 0 aromatic carbocycles. The van der Waals surface area contributed by atoms with Crippen LogP contribution in [0.1, 0.15) is 39.5 Å². The molecule has 0 heterocycles. The molecule has 1 fully saturated rings.